The molecule has 1 atom stereocenters. The van der Waals surface area contributed by atoms with Gasteiger partial charge in [0.05, 0.1) is 11.5 Å². The van der Waals surface area contributed by atoms with Crippen LogP contribution in [0.15, 0.2) is 72.1 Å². The van der Waals surface area contributed by atoms with Crippen molar-refractivity contribution in [1.29, 1.82) is 0 Å². The van der Waals surface area contributed by atoms with E-state index in [9.17, 15) is 13.5 Å². The molecule has 3 nitrogen and oxygen atoms in total. The number of halogens is 1. The maximum atomic E-state index is 13.1. The van der Waals surface area contributed by atoms with Crippen LogP contribution in [0.25, 0.3) is 0 Å². The Morgan fingerprint density at radius 2 is 1.68 bits per heavy atom. The van der Waals surface area contributed by atoms with Crippen LogP contribution < -0.4 is 0 Å². The van der Waals surface area contributed by atoms with E-state index in [0.29, 0.717) is 10.6 Å². The van der Waals surface area contributed by atoms with Gasteiger partial charge in [-0.1, -0.05) is 48.0 Å². The maximum absolute atomic E-state index is 13.1. The summed E-state index contributed by atoms with van der Waals surface area (Å²) in [6.07, 6.45) is 1.60. The zero-order chi connectivity index (χ0) is 16.2. The third kappa shape index (κ3) is 2.82. The van der Waals surface area contributed by atoms with Gasteiger partial charge in [0.15, 0.2) is 9.84 Å². The van der Waals surface area contributed by atoms with Crippen molar-refractivity contribution in [3.05, 3.63) is 77.8 Å². The number of aliphatic hydroxyl groups excluding tert-OH is 1. The fraction of sp³-hybridized carbons (Fsp3) is 0.176. The van der Waals surface area contributed by atoms with Crippen molar-refractivity contribution < 1.29 is 13.5 Å². The van der Waals surface area contributed by atoms with Gasteiger partial charge in [-0.05, 0) is 36.2 Å². The Bertz CT molecular complexity index is 739. The minimum atomic E-state index is -3.81. The Morgan fingerprint density at radius 1 is 1.09 bits per heavy atom. The predicted molar refractivity (Wildman–Crippen MR) is 88.7 cm³/mol. The van der Waals surface area contributed by atoms with Crippen LogP contribution in [-0.4, -0.2) is 20.1 Å². The van der Waals surface area contributed by atoms with E-state index < -0.39 is 21.2 Å². The summed E-state index contributed by atoms with van der Waals surface area (Å²) in [7, 11) is -3.81. The molecule has 0 saturated carbocycles. The smallest absolute Gasteiger partial charge is 0.190 e. The molecule has 0 aliphatic rings. The van der Waals surface area contributed by atoms with Crippen LogP contribution in [0, 0.1) is 0 Å². The van der Waals surface area contributed by atoms with E-state index in [2.05, 4.69) is 6.58 Å². The molecule has 5 heteroatoms. The molecule has 1 N–H and O–H groups in total. The van der Waals surface area contributed by atoms with Gasteiger partial charge in [0.1, 0.15) is 4.75 Å². The normalized spacial score (nSPS) is 14.3. The first-order valence-corrected chi connectivity index (χ1v) is 8.61. The van der Waals surface area contributed by atoms with Crippen LogP contribution in [0.5, 0.6) is 0 Å². The van der Waals surface area contributed by atoms with Crippen LogP contribution >= 0.6 is 11.6 Å². The van der Waals surface area contributed by atoms with E-state index >= 15 is 0 Å². The minimum Gasteiger partial charge on any atom is -0.394 e. The van der Waals surface area contributed by atoms with E-state index in [-0.39, 0.29) is 11.3 Å². The molecule has 116 valence electrons. The lowest BCUT2D eigenvalue weighted by Gasteiger charge is -2.31. The molecule has 0 radical (unpaired) electrons. The third-order valence-corrected chi connectivity index (χ3v) is 6.37. The van der Waals surface area contributed by atoms with Gasteiger partial charge >= 0.3 is 0 Å². The van der Waals surface area contributed by atoms with Crippen molar-refractivity contribution in [2.45, 2.75) is 16.1 Å². The molecule has 1 unspecified atom stereocenters. The van der Waals surface area contributed by atoms with E-state index in [4.69, 9.17) is 11.6 Å². The number of rotatable bonds is 6. The molecule has 0 heterocycles. The summed E-state index contributed by atoms with van der Waals surface area (Å²) in [5.41, 5.74) is 0.489. The average molecular weight is 337 g/mol. The molecule has 0 amide bonds. The van der Waals surface area contributed by atoms with Crippen LogP contribution in [-0.2, 0) is 14.6 Å². The number of sulfone groups is 1. The van der Waals surface area contributed by atoms with Crippen molar-refractivity contribution in [2.75, 3.05) is 6.61 Å². The van der Waals surface area contributed by atoms with Gasteiger partial charge in [0.2, 0.25) is 0 Å². The zero-order valence-corrected chi connectivity index (χ0v) is 13.5. The highest BCUT2D eigenvalue weighted by Crippen LogP contribution is 2.39. The number of allylic oxidation sites excluding steroid dienone is 1. The first-order chi connectivity index (χ1) is 10.5. The second kappa shape index (κ2) is 6.65. The quantitative estimate of drug-likeness (QED) is 0.820. The van der Waals surface area contributed by atoms with Crippen LogP contribution in [0.3, 0.4) is 0 Å². The summed E-state index contributed by atoms with van der Waals surface area (Å²) in [5, 5.41) is 10.5. The van der Waals surface area contributed by atoms with E-state index in [1.54, 1.807) is 42.5 Å². The fourth-order valence-electron chi connectivity index (χ4n) is 2.44. The van der Waals surface area contributed by atoms with Crippen LogP contribution in [0.2, 0.25) is 5.02 Å². The lowest BCUT2D eigenvalue weighted by molar-refractivity contribution is 0.241. The molecular weight excluding hydrogens is 320 g/mol. The lowest BCUT2D eigenvalue weighted by atomic mass is 9.95. The van der Waals surface area contributed by atoms with Gasteiger partial charge < -0.3 is 5.11 Å². The molecule has 0 aliphatic heterocycles. The average Bonchev–Trinajstić information content (AvgIpc) is 2.54. The first kappa shape index (κ1) is 16.7. The Morgan fingerprint density at radius 3 is 2.18 bits per heavy atom. The van der Waals surface area contributed by atoms with Gasteiger partial charge in [0, 0.05) is 5.02 Å². The van der Waals surface area contributed by atoms with Crippen molar-refractivity contribution >= 4 is 21.4 Å². The van der Waals surface area contributed by atoms with E-state index in [1.165, 1.54) is 18.2 Å². The van der Waals surface area contributed by atoms with Gasteiger partial charge in [-0.25, -0.2) is 8.42 Å². The summed E-state index contributed by atoms with van der Waals surface area (Å²) >= 11 is 5.88. The van der Waals surface area contributed by atoms with Crippen molar-refractivity contribution in [2.24, 2.45) is 0 Å². The van der Waals surface area contributed by atoms with E-state index in [1.807, 2.05) is 0 Å². The van der Waals surface area contributed by atoms with Gasteiger partial charge in [-0.15, -0.1) is 6.58 Å². The van der Waals surface area contributed by atoms with Gasteiger partial charge in [-0.3, -0.25) is 0 Å². The molecule has 0 aliphatic carbocycles. The summed E-state index contributed by atoms with van der Waals surface area (Å²) in [4.78, 5) is 0.167. The molecular formula is C17H17ClO3S. The van der Waals surface area contributed by atoms with Crippen molar-refractivity contribution in [3.8, 4) is 0 Å². The third-order valence-electron chi connectivity index (χ3n) is 3.67. The Balaban J connectivity index is 2.69. The maximum Gasteiger partial charge on any atom is 0.190 e. The standard InChI is InChI=1S/C17H17ClO3S/c1-2-12-17(13-19,14-8-10-15(18)11-9-14)22(20,21)16-6-4-3-5-7-16/h2-11,19H,1,12-13H2. The Kier molecular flexibility index (Phi) is 5.06. The predicted octanol–water partition coefficient (Wildman–Crippen LogP) is 3.58. The number of aliphatic hydroxyl groups is 1. The second-order valence-corrected chi connectivity index (χ2v) is 7.66. The minimum absolute atomic E-state index is 0.0996. The summed E-state index contributed by atoms with van der Waals surface area (Å²) < 4.78 is 24.8. The molecule has 2 aromatic rings. The Hall–Kier alpha value is -1.62. The molecule has 22 heavy (non-hydrogen) atoms. The first-order valence-electron chi connectivity index (χ1n) is 6.75. The van der Waals surface area contributed by atoms with E-state index in [0.717, 1.165) is 0 Å². The zero-order valence-electron chi connectivity index (χ0n) is 11.9. The molecule has 0 spiro atoms. The molecule has 2 aromatic carbocycles. The fourth-order valence-corrected chi connectivity index (χ4v) is 4.48. The van der Waals surface area contributed by atoms with Crippen LogP contribution in [0.1, 0.15) is 12.0 Å². The molecule has 0 fully saturated rings. The van der Waals surface area contributed by atoms with Gasteiger partial charge in [-0.2, -0.15) is 0 Å². The molecule has 0 saturated heterocycles. The topological polar surface area (TPSA) is 54.4 Å². The Labute approximate surface area is 135 Å². The summed E-state index contributed by atoms with van der Waals surface area (Å²) in [6, 6.07) is 14.6. The molecule has 2 rings (SSSR count). The molecule has 0 bridgehead atoms. The summed E-state index contributed by atoms with van der Waals surface area (Å²) in [6.45, 7) is 3.10. The SMILES string of the molecule is C=CCC(CO)(c1ccc(Cl)cc1)S(=O)(=O)c1ccccc1. The second-order valence-electron chi connectivity index (χ2n) is 4.97. The van der Waals surface area contributed by atoms with Crippen LogP contribution in [0.4, 0.5) is 0 Å². The number of benzene rings is 2. The number of hydrogen-bond donors (Lipinski definition) is 1. The number of hydrogen-bond acceptors (Lipinski definition) is 3. The van der Waals surface area contributed by atoms with Crippen molar-refractivity contribution in [3.63, 3.8) is 0 Å². The summed E-state index contributed by atoms with van der Waals surface area (Å²) in [5.74, 6) is 0. The highest BCUT2D eigenvalue weighted by Gasteiger charge is 2.44. The highest BCUT2D eigenvalue weighted by molar-refractivity contribution is 7.92. The lowest BCUT2D eigenvalue weighted by Crippen LogP contribution is -2.39. The highest BCUT2D eigenvalue weighted by atomic mass is 35.5. The van der Waals surface area contributed by atoms with Crippen molar-refractivity contribution in [1.82, 2.24) is 0 Å². The molecule has 0 aromatic heterocycles. The monoisotopic (exact) mass is 336 g/mol. The largest absolute Gasteiger partial charge is 0.394 e. The van der Waals surface area contributed by atoms with Gasteiger partial charge in [0.25, 0.3) is 0 Å².